The quantitative estimate of drug-likeness (QED) is 0.866. The zero-order chi connectivity index (χ0) is 13.0. The summed E-state index contributed by atoms with van der Waals surface area (Å²) < 4.78 is 5.27. The Kier molecular flexibility index (Phi) is 4.65. The third-order valence-electron chi connectivity index (χ3n) is 4.18. The summed E-state index contributed by atoms with van der Waals surface area (Å²) in [6.07, 6.45) is 4.06. The maximum Gasteiger partial charge on any atom is 0.0733 e. The molecule has 1 saturated carbocycles. The molecule has 1 aromatic carbocycles. The van der Waals surface area contributed by atoms with Crippen molar-refractivity contribution in [1.29, 1.82) is 0 Å². The third-order valence-corrected chi connectivity index (χ3v) is 4.18. The summed E-state index contributed by atoms with van der Waals surface area (Å²) in [7, 11) is 1.75. The highest BCUT2D eigenvalue weighted by atomic mass is 16.5. The first-order chi connectivity index (χ1) is 8.72. The van der Waals surface area contributed by atoms with Crippen LogP contribution in [0.5, 0.6) is 0 Å². The second kappa shape index (κ2) is 6.24. The Labute approximate surface area is 111 Å². The number of ether oxygens (including phenoxy) is 1. The van der Waals surface area contributed by atoms with E-state index in [0.29, 0.717) is 12.6 Å². The molecule has 0 spiro atoms. The molecule has 0 amide bonds. The van der Waals surface area contributed by atoms with E-state index in [4.69, 9.17) is 4.74 Å². The van der Waals surface area contributed by atoms with Gasteiger partial charge < -0.3 is 10.1 Å². The molecule has 1 aliphatic rings. The molecule has 2 rings (SSSR count). The summed E-state index contributed by atoms with van der Waals surface area (Å²) >= 11 is 0. The van der Waals surface area contributed by atoms with E-state index in [2.05, 4.69) is 43.4 Å². The molecule has 2 unspecified atom stereocenters. The third kappa shape index (κ3) is 3.05. The fourth-order valence-electron chi connectivity index (χ4n) is 3.09. The molecule has 0 radical (unpaired) electrons. The average molecular weight is 247 g/mol. The predicted molar refractivity (Wildman–Crippen MR) is 76.7 cm³/mol. The zero-order valence-electron chi connectivity index (χ0n) is 11.8. The summed E-state index contributed by atoms with van der Waals surface area (Å²) in [6.45, 7) is 5.41. The van der Waals surface area contributed by atoms with Crippen molar-refractivity contribution in [2.24, 2.45) is 11.8 Å². The van der Waals surface area contributed by atoms with Gasteiger partial charge in [-0.2, -0.15) is 0 Å². The van der Waals surface area contributed by atoms with Crippen molar-refractivity contribution in [3.05, 3.63) is 29.8 Å². The maximum atomic E-state index is 5.27. The molecule has 0 aliphatic heterocycles. The van der Waals surface area contributed by atoms with Crippen LogP contribution >= 0.6 is 0 Å². The SMILES string of the molecule is COCc1ccccc1NC1C(C)CCCC1C. The molecule has 0 saturated heterocycles. The highest BCUT2D eigenvalue weighted by Gasteiger charge is 2.27. The minimum absolute atomic E-state index is 0.594. The van der Waals surface area contributed by atoms with E-state index in [1.807, 2.05) is 0 Å². The Hall–Kier alpha value is -1.02. The van der Waals surface area contributed by atoms with Gasteiger partial charge in [0.1, 0.15) is 0 Å². The van der Waals surface area contributed by atoms with Crippen molar-refractivity contribution >= 4 is 5.69 Å². The lowest BCUT2D eigenvalue weighted by molar-refractivity contribution is 0.185. The first kappa shape index (κ1) is 13.4. The van der Waals surface area contributed by atoms with E-state index >= 15 is 0 Å². The molecule has 1 aromatic rings. The minimum atomic E-state index is 0.594. The molecule has 18 heavy (non-hydrogen) atoms. The van der Waals surface area contributed by atoms with Gasteiger partial charge in [0.2, 0.25) is 0 Å². The van der Waals surface area contributed by atoms with Crippen LogP contribution in [0.25, 0.3) is 0 Å². The van der Waals surface area contributed by atoms with E-state index < -0.39 is 0 Å². The van der Waals surface area contributed by atoms with E-state index in [9.17, 15) is 0 Å². The Morgan fingerprint density at radius 2 is 1.83 bits per heavy atom. The van der Waals surface area contributed by atoms with Gasteiger partial charge in [-0.15, -0.1) is 0 Å². The standard InChI is InChI=1S/C16H25NO/c1-12-7-6-8-13(2)16(12)17-15-10-5-4-9-14(15)11-18-3/h4-5,9-10,12-13,16-17H,6-8,11H2,1-3H3. The van der Waals surface area contributed by atoms with Gasteiger partial charge in [-0.1, -0.05) is 38.5 Å². The van der Waals surface area contributed by atoms with Crippen molar-refractivity contribution in [3.8, 4) is 0 Å². The van der Waals surface area contributed by atoms with Crippen LogP contribution in [0.1, 0.15) is 38.7 Å². The van der Waals surface area contributed by atoms with Crippen LogP contribution < -0.4 is 5.32 Å². The lowest BCUT2D eigenvalue weighted by Gasteiger charge is -2.36. The van der Waals surface area contributed by atoms with Gasteiger partial charge in [-0.3, -0.25) is 0 Å². The van der Waals surface area contributed by atoms with Crippen LogP contribution in [0.15, 0.2) is 24.3 Å². The highest BCUT2D eigenvalue weighted by Crippen LogP contribution is 2.32. The maximum absolute atomic E-state index is 5.27. The van der Waals surface area contributed by atoms with Crippen molar-refractivity contribution in [3.63, 3.8) is 0 Å². The van der Waals surface area contributed by atoms with Crippen LogP contribution in [0.3, 0.4) is 0 Å². The summed E-state index contributed by atoms with van der Waals surface area (Å²) in [4.78, 5) is 0. The smallest absolute Gasteiger partial charge is 0.0733 e. The van der Waals surface area contributed by atoms with Crippen LogP contribution in [0, 0.1) is 11.8 Å². The number of hydrogen-bond acceptors (Lipinski definition) is 2. The molecular weight excluding hydrogens is 222 g/mol. The fourth-order valence-corrected chi connectivity index (χ4v) is 3.09. The fraction of sp³-hybridized carbons (Fsp3) is 0.625. The molecule has 0 heterocycles. The molecule has 1 aliphatic carbocycles. The van der Waals surface area contributed by atoms with Gasteiger partial charge in [0, 0.05) is 24.4 Å². The number of rotatable bonds is 4. The van der Waals surface area contributed by atoms with Gasteiger partial charge in [-0.25, -0.2) is 0 Å². The van der Waals surface area contributed by atoms with Crippen molar-refractivity contribution in [1.82, 2.24) is 0 Å². The Balaban J connectivity index is 2.12. The molecule has 1 fully saturated rings. The van der Waals surface area contributed by atoms with Gasteiger partial charge in [-0.05, 0) is 30.7 Å². The van der Waals surface area contributed by atoms with Crippen molar-refractivity contribution < 1.29 is 4.74 Å². The Morgan fingerprint density at radius 1 is 1.17 bits per heavy atom. The number of benzene rings is 1. The van der Waals surface area contributed by atoms with Gasteiger partial charge in [0.25, 0.3) is 0 Å². The van der Waals surface area contributed by atoms with Crippen LogP contribution in [-0.4, -0.2) is 13.2 Å². The molecule has 100 valence electrons. The lowest BCUT2D eigenvalue weighted by Crippen LogP contribution is -2.37. The molecule has 2 atom stereocenters. The summed E-state index contributed by atoms with van der Waals surface area (Å²) in [5.74, 6) is 1.51. The normalized spacial score (nSPS) is 28.1. The molecular formula is C16H25NO. The number of hydrogen-bond donors (Lipinski definition) is 1. The summed E-state index contributed by atoms with van der Waals surface area (Å²) in [5, 5.41) is 3.75. The molecule has 2 nitrogen and oxygen atoms in total. The highest BCUT2D eigenvalue weighted by molar-refractivity contribution is 5.51. The Morgan fingerprint density at radius 3 is 2.50 bits per heavy atom. The monoisotopic (exact) mass is 247 g/mol. The molecule has 0 bridgehead atoms. The largest absolute Gasteiger partial charge is 0.381 e. The molecule has 2 heteroatoms. The number of para-hydroxylation sites is 1. The lowest BCUT2D eigenvalue weighted by atomic mass is 9.78. The number of nitrogens with one attached hydrogen (secondary N) is 1. The van der Waals surface area contributed by atoms with E-state index in [0.717, 1.165) is 11.8 Å². The van der Waals surface area contributed by atoms with Crippen molar-refractivity contribution in [2.45, 2.75) is 45.8 Å². The number of methoxy groups -OCH3 is 1. The van der Waals surface area contributed by atoms with Gasteiger partial charge in [0.05, 0.1) is 6.61 Å². The van der Waals surface area contributed by atoms with Crippen molar-refractivity contribution in [2.75, 3.05) is 12.4 Å². The van der Waals surface area contributed by atoms with Crippen LogP contribution in [0.4, 0.5) is 5.69 Å². The second-order valence-electron chi connectivity index (χ2n) is 5.65. The minimum Gasteiger partial charge on any atom is -0.381 e. The topological polar surface area (TPSA) is 21.3 Å². The predicted octanol–water partition coefficient (Wildman–Crippen LogP) is 4.07. The summed E-state index contributed by atoms with van der Waals surface area (Å²) in [6, 6.07) is 9.08. The first-order valence-corrected chi connectivity index (χ1v) is 7.05. The molecule has 1 N–H and O–H groups in total. The van der Waals surface area contributed by atoms with E-state index in [-0.39, 0.29) is 0 Å². The first-order valence-electron chi connectivity index (χ1n) is 7.05. The van der Waals surface area contributed by atoms with E-state index in [1.54, 1.807) is 7.11 Å². The van der Waals surface area contributed by atoms with Gasteiger partial charge >= 0.3 is 0 Å². The summed E-state index contributed by atoms with van der Waals surface area (Å²) in [5.41, 5.74) is 2.50. The average Bonchev–Trinajstić information content (AvgIpc) is 2.36. The number of anilines is 1. The second-order valence-corrected chi connectivity index (χ2v) is 5.65. The van der Waals surface area contributed by atoms with Crippen LogP contribution in [-0.2, 0) is 11.3 Å². The molecule has 0 aromatic heterocycles. The Bertz CT molecular complexity index is 367. The van der Waals surface area contributed by atoms with Gasteiger partial charge in [0.15, 0.2) is 0 Å². The van der Waals surface area contributed by atoms with Crippen LogP contribution in [0.2, 0.25) is 0 Å². The zero-order valence-corrected chi connectivity index (χ0v) is 11.8. The van der Waals surface area contributed by atoms with E-state index in [1.165, 1.54) is 30.5 Å².